The summed E-state index contributed by atoms with van der Waals surface area (Å²) in [5.74, 6) is 0.226. The molecule has 0 aromatic heterocycles. The van der Waals surface area contributed by atoms with Crippen molar-refractivity contribution in [2.45, 2.75) is 32.2 Å². The molecule has 100 valence electrons. The molecule has 0 aromatic carbocycles. The predicted molar refractivity (Wildman–Crippen MR) is 64.1 cm³/mol. The van der Waals surface area contributed by atoms with E-state index in [1.165, 1.54) is 4.31 Å². The van der Waals surface area contributed by atoms with Crippen LogP contribution in [0.3, 0.4) is 0 Å². The summed E-state index contributed by atoms with van der Waals surface area (Å²) in [6.07, 6.45) is 1.49. The fraction of sp³-hybridized carbons (Fsp3) is 0.889. The first kappa shape index (κ1) is 14.5. The first-order valence-corrected chi connectivity index (χ1v) is 7.51. The lowest BCUT2D eigenvalue weighted by Crippen LogP contribution is -2.51. The Balaban J connectivity index is 2.70. The molecular formula is C9H17ClN2O4S. The third-order valence-corrected chi connectivity index (χ3v) is 4.43. The third-order valence-electron chi connectivity index (χ3n) is 2.55. The summed E-state index contributed by atoms with van der Waals surface area (Å²) in [5, 5.41) is 0. The quantitative estimate of drug-likeness (QED) is 0.784. The maximum atomic E-state index is 11.9. The lowest BCUT2D eigenvalue weighted by atomic mass is 10.1. The summed E-state index contributed by atoms with van der Waals surface area (Å²) in [6.45, 7) is 2.11. The largest absolute Gasteiger partial charge is 0.449 e. The molecule has 1 amide bonds. The number of carbonyl (C=O) groups excluding carboxylic acids is 1. The second kappa shape index (κ2) is 6.42. The zero-order valence-corrected chi connectivity index (χ0v) is 11.3. The number of alkyl halides is 1. The molecule has 17 heavy (non-hydrogen) atoms. The van der Waals surface area contributed by atoms with E-state index in [2.05, 4.69) is 4.74 Å². The Bertz CT molecular complexity index is 360. The Kier molecular flexibility index (Phi) is 5.48. The van der Waals surface area contributed by atoms with Gasteiger partial charge >= 0.3 is 16.3 Å². The molecule has 1 rings (SSSR count). The molecule has 1 N–H and O–H groups in total. The molecule has 1 fully saturated rings. The summed E-state index contributed by atoms with van der Waals surface area (Å²) in [4.78, 5) is 11.1. The number of nitrogens with one attached hydrogen (secondary N) is 1. The van der Waals surface area contributed by atoms with Crippen molar-refractivity contribution < 1.29 is 17.9 Å². The molecule has 0 radical (unpaired) electrons. The van der Waals surface area contributed by atoms with Crippen molar-refractivity contribution in [1.29, 1.82) is 0 Å². The second-order valence-electron chi connectivity index (χ2n) is 3.74. The van der Waals surface area contributed by atoms with Crippen LogP contribution in [0.5, 0.6) is 0 Å². The normalized spacial score (nSPS) is 22.1. The monoisotopic (exact) mass is 284 g/mol. The van der Waals surface area contributed by atoms with Crippen LogP contribution < -0.4 is 4.72 Å². The van der Waals surface area contributed by atoms with Gasteiger partial charge in [0.2, 0.25) is 0 Å². The number of nitrogens with zero attached hydrogens (tertiary/aromatic N) is 1. The van der Waals surface area contributed by atoms with Gasteiger partial charge in [0, 0.05) is 18.5 Å². The molecule has 0 aromatic rings. The molecule has 1 atom stereocenters. The van der Waals surface area contributed by atoms with Crippen LogP contribution >= 0.6 is 11.6 Å². The number of rotatable bonds is 4. The lowest BCUT2D eigenvalue weighted by molar-refractivity contribution is 0.157. The highest BCUT2D eigenvalue weighted by Crippen LogP contribution is 2.20. The lowest BCUT2D eigenvalue weighted by Gasteiger charge is -2.32. The summed E-state index contributed by atoms with van der Waals surface area (Å²) in [7, 11) is -3.84. The van der Waals surface area contributed by atoms with Gasteiger partial charge in [-0.25, -0.2) is 9.52 Å². The van der Waals surface area contributed by atoms with E-state index in [-0.39, 0.29) is 18.5 Å². The summed E-state index contributed by atoms with van der Waals surface area (Å²) < 4.78 is 31.4. The van der Waals surface area contributed by atoms with Crippen molar-refractivity contribution in [1.82, 2.24) is 9.03 Å². The van der Waals surface area contributed by atoms with Gasteiger partial charge in [-0.15, -0.1) is 11.6 Å². The van der Waals surface area contributed by atoms with E-state index in [0.29, 0.717) is 13.0 Å². The number of amides is 1. The molecule has 0 aliphatic carbocycles. The molecular weight excluding hydrogens is 268 g/mol. The summed E-state index contributed by atoms with van der Waals surface area (Å²) in [5.41, 5.74) is 0. The average molecular weight is 285 g/mol. The van der Waals surface area contributed by atoms with Gasteiger partial charge in [-0.2, -0.15) is 12.7 Å². The van der Waals surface area contributed by atoms with Crippen LogP contribution in [0.4, 0.5) is 4.79 Å². The Labute approximate surface area is 106 Å². The first-order chi connectivity index (χ1) is 8.01. The molecule has 1 heterocycles. The van der Waals surface area contributed by atoms with Gasteiger partial charge in [0.25, 0.3) is 0 Å². The van der Waals surface area contributed by atoms with Gasteiger partial charge in [0.15, 0.2) is 0 Å². The van der Waals surface area contributed by atoms with Gasteiger partial charge in [-0.3, -0.25) is 0 Å². The van der Waals surface area contributed by atoms with Gasteiger partial charge in [-0.05, 0) is 19.8 Å². The highest BCUT2D eigenvalue weighted by molar-refractivity contribution is 7.87. The summed E-state index contributed by atoms with van der Waals surface area (Å²) >= 11 is 5.73. The second-order valence-corrected chi connectivity index (χ2v) is 5.67. The van der Waals surface area contributed by atoms with E-state index in [4.69, 9.17) is 11.6 Å². The van der Waals surface area contributed by atoms with Crippen molar-refractivity contribution in [2.24, 2.45) is 0 Å². The van der Waals surface area contributed by atoms with E-state index in [9.17, 15) is 13.2 Å². The highest BCUT2D eigenvalue weighted by Gasteiger charge is 2.33. The Hall–Kier alpha value is -0.530. The maximum Gasteiger partial charge on any atom is 0.421 e. The first-order valence-electron chi connectivity index (χ1n) is 5.53. The molecule has 1 saturated heterocycles. The van der Waals surface area contributed by atoms with Crippen molar-refractivity contribution in [3.63, 3.8) is 0 Å². The van der Waals surface area contributed by atoms with Crippen molar-refractivity contribution in [3.8, 4) is 0 Å². The van der Waals surface area contributed by atoms with E-state index in [1.807, 2.05) is 4.72 Å². The minimum Gasteiger partial charge on any atom is -0.449 e. The third kappa shape index (κ3) is 4.01. The zero-order valence-electron chi connectivity index (χ0n) is 9.69. The molecule has 8 heteroatoms. The predicted octanol–water partition coefficient (Wildman–Crippen LogP) is 1.07. The molecule has 1 unspecified atom stereocenters. The van der Waals surface area contributed by atoms with Gasteiger partial charge in [0.1, 0.15) is 0 Å². The van der Waals surface area contributed by atoms with Crippen molar-refractivity contribution >= 4 is 27.9 Å². The smallest absolute Gasteiger partial charge is 0.421 e. The maximum absolute atomic E-state index is 11.9. The van der Waals surface area contributed by atoms with E-state index >= 15 is 0 Å². The van der Waals surface area contributed by atoms with Crippen LogP contribution in [-0.2, 0) is 14.9 Å². The van der Waals surface area contributed by atoms with Gasteiger partial charge in [0.05, 0.1) is 6.61 Å². The standard InChI is InChI=1S/C9H17ClN2O4S/c1-2-16-9(13)11-17(14,15)12-6-4-3-5-8(12)7-10/h8H,2-7H2,1H3,(H,11,13). The molecule has 1 aliphatic heterocycles. The Morgan fingerprint density at radius 2 is 2.24 bits per heavy atom. The van der Waals surface area contributed by atoms with Crippen LogP contribution in [0.2, 0.25) is 0 Å². The van der Waals surface area contributed by atoms with Gasteiger partial charge in [-0.1, -0.05) is 6.42 Å². The van der Waals surface area contributed by atoms with Crippen molar-refractivity contribution in [3.05, 3.63) is 0 Å². The van der Waals surface area contributed by atoms with Crippen LogP contribution in [0.1, 0.15) is 26.2 Å². The number of carbonyl (C=O) groups is 1. The number of hydrogen-bond donors (Lipinski definition) is 1. The number of halogens is 1. The summed E-state index contributed by atoms with van der Waals surface area (Å²) in [6, 6.07) is -0.252. The Morgan fingerprint density at radius 1 is 1.53 bits per heavy atom. The fourth-order valence-corrected chi connectivity index (χ4v) is 3.50. The van der Waals surface area contributed by atoms with Crippen LogP contribution in [0.15, 0.2) is 0 Å². The SMILES string of the molecule is CCOC(=O)NS(=O)(=O)N1CCCCC1CCl. The van der Waals surface area contributed by atoms with Crippen LogP contribution in [0.25, 0.3) is 0 Å². The Morgan fingerprint density at radius 3 is 2.82 bits per heavy atom. The molecule has 0 bridgehead atoms. The minimum absolute atomic E-state index is 0.125. The van der Waals surface area contributed by atoms with E-state index < -0.39 is 16.3 Å². The highest BCUT2D eigenvalue weighted by atomic mass is 35.5. The van der Waals surface area contributed by atoms with E-state index in [0.717, 1.165) is 12.8 Å². The number of ether oxygens (including phenoxy) is 1. The van der Waals surface area contributed by atoms with Crippen LogP contribution in [0, 0.1) is 0 Å². The zero-order chi connectivity index (χ0) is 12.9. The minimum atomic E-state index is -3.84. The molecule has 0 saturated carbocycles. The molecule has 6 nitrogen and oxygen atoms in total. The molecule has 0 spiro atoms. The molecule has 1 aliphatic rings. The fourth-order valence-electron chi connectivity index (χ4n) is 1.77. The van der Waals surface area contributed by atoms with Crippen molar-refractivity contribution in [2.75, 3.05) is 19.0 Å². The average Bonchev–Trinajstić information content (AvgIpc) is 2.28. The number of hydrogen-bond acceptors (Lipinski definition) is 4. The number of piperidine rings is 1. The topological polar surface area (TPSA) is 75.7 Å². The van der Waals surface area contributed by atoms with Gasteiger partial charge < -0.3 is 4.74 Å². The van der Waals surface area contributed by atoms with E-state index in [1.54, 1.807) is 6.92 Å². The van der Waals surface area contributed by atoms with Crippen LogP contribution in [-0.4, -0.2) is 43.9 Å².